The fraction of sp³-hybridized carbons (Fsp3) is 0.778. The average molecular weight is 153 g/mol. The Kier molecular flexibility index (Phi) is 1.55. The molecule has 0 unspecified atom stereocenters. The molecule has 2 heterocycles. The number of hydrogen-bond acceptors (Lipinski definition) is 2. The van der Waals surface area contributed by atoms with Crippen LogP contribution in [0, 0.1) is 0 Å². The average Bonchev–Trinajstić information content (AvgIpc) is 2.53. The van der Waals surface area contributed by atoms with Crippen molar-refractivity contribution in [1.29, 1.82) is 0 Å². The largest absolute Gasteiger partial charge is 0.394 e. The fourth-order valence-electron chi connectivity index (χ4n) is 2.45. The minimum Gasteiger partial charge on any atom is -0.394 e. The van der Waals surface area contributed by atoms with Gasteiger partial charge in [0, 0.05) is 6.54 Å². The van der Waals surface area contributed by atoms with Crippen LogP contribution in [0.5, 0.6) is 0 Å². The summed E-state index contributed by atoms with van der Waals surface area (Å²) in [6, 6.07) is 0. The zero-order valence-corrected chi connectivity index (χ0v) is 6.84. The van der Waals surface area contributed by atoms with Gasteiger partial charge in [-0.3, -0.25) is 4.90 Å². The number of rotatable bonds is 1. The second-order valence-electron chi connectivity index (χ2n) is 3.63. The molecule has 11 heavy (non-hydrogen) atoms. The normalized spacial score (nSPS) is 38.1. The van der Waals surface area contributed by atoms with Gasteiger partial charge in [-0.2, -0.15) is 0 Å². The van der Waals surface area contributed by atoms with Crippen molar-refractivity contribution in [3.8, 4) is 0 Å². The lowest BCUT2D eigenvalue weighted by Gasteiger charge is -2.30. The molecule has 0 amide bonds. The van der Waals surface area contributed by atoms with Gasteiger partial charge >= 0.3 is 0 Å². The van der Waals surface area contributed by atoms with Crippen molar-refractivity contribution in [2.45, 2.75) is 24.8 Å². The van der Waals surface area contributed by atoms with Crippen molar-refractivity contribution in [2.75, 3.05) is 19.7 Å². The molecular formula is C9H15NO. The third-order valence-electron chi connectivity index (χ3n) is 3.23. The van der Waals surface area contributed by atoms with Crippen molar-refractivity contribution in [3.63, 3.8) is 0 Å². The molecule has 62 valence electrons. The summed E-state index contributed by atoms with van der Waals surface area (Å²) < 4.78 is 0. The number of fused-ring (bicyclic) bond motifs is 1. The monoisotopic (exact) mass is 153 g/mol. The summed E-state index contributed by atoms with van der Waals surface area (Å²) in [6.07, 6.45) is 3.42. The van der Waals surface area contributed by atoms with Gasteiger partial charge in [0.15, 0.2) is 0 Å². The van der Waals surface area contributed by atoms with Gasteiger partial charge in [-0.05, 0) is 25.8 Å². The zero-order valence-electron chi connectivity index (χ0n) is 6.84. The van der Waals surface area contributed by atoms with Crippen molar-refractivity contribution < 1.29 is 5.11 Å². The van der Waals surface area contributed by atoms with Crippen LogP contribution in [0.2, 0.25) is 0 Å². The van der Waals surface area contributed by atoms with Crippen LogP contribution in [-0.4, -0.2) is 35.2 Å². The highest BCUT2D eigenvalue weighted by Gasteiger charge is 2.46. The minimum atomic E-state index is 0. The highest BCUT2D eigenvalue weighted by atomic mass is 16.3. The van der Waals surface area contributed by atoms with Crippen molar-refractivity contribution in [3.05, 3.63) is 12.2 Å². The molecule has 2 nitrogen and oxygen atoms in total. The van der Waals surface area contributed by atoms with E-state index in [1.807, 2.05) is 0 Å². The Morgan fingerprint density at radius 1 is 1.55 bits per heavy atom. The molecule has 2 heteroatoms. The molecule has 0 aromatic heterocycles. The van der Waals surface area contributed by atoms with E-state index in [0.717, 1.165) is 25.9 Å². The van der Waals surface area contributed by atoms with Gasteiger partial charge in [0.1, 0.15) is 0 Å². The first-order chi connectivity index (χ1) is 5.29. The van der Waals surface area contributed by atoms with Gasteiger partial charge in [0.05, 0.1) is 12.1 Å². The van der Waals surface area contributed by atoms with E-state index in [2.05, 4.69) is 11.5 Å². The van der Waals surface area contributed by atoms with Crippen molar-refractivity contribution in [1.82, 2.24) is 4.90 Å². The first-order valence-electron chi connectivity index (χ1n) is 4.34. The standard InChI is InChI=1S/C9H15NO/c1-8-3-6-10-5-2-4-9(8,10)7-11/h11H,1-7H2/t9-/m0/s1. The van der Waals surface area contributed by atoms with E-state index in [-0.39, 0.29) is 12.1 Å². The number of hydrogen-bond donors (Lipinski definition) is 1. The Labute approximate surface area is 67.5 Å². The SMILES string of the molecule is C=C1CCN2CCC[C@]12CO. The third-order valence-corrected chi connectivity index (χ3v) is 3.23. The highest BCUT2D eigenvalue weighted by Crippen LogP contribution is 2.41. The van der Waals surface area contributed by atoms with Crippen LogP contribution >= 0.6 is 0 Å². The molecule has 0 aromatic rings. The van der Waals surface area contributed by atoms with Gasteiger partial charge in [-0.1, -0.05) is 12.2 Å². The molecule has 2 aliphatic heterocycles. The molecule has 2 rings (SSSR count). The number of aliphatic hydroxyl groups excluding tert-OH is 1. The molecule has 0 spiro atoms. The van der Waals surface area contributed by atoms with E-state index in [4.69, 9.17) is 0 Å². The molecule has 1 N–H and O–H groups in total. The first kappa shape index (κ1) is 7.32. The Morgan fingerprint density at radius 2 is 2.36 bits per heavy atom. The summed E-state index contributed by atoms with van der Waals surface area (Å²) >= 11 is 0. The van der Waals surface area contributed by atoms with Crippen molar-refractivity contribution in [2.24, 2.45) is 0 Å². The summed E-state index contributed by atoms with van der Waals surface area (Å²) in [6.45, 7) is 6.57. The van der Waals surface area contributed by atoms with Crippen LogP contribution in [0.25, 0.3) is 0 Å². The molecular weight excluding hydrogens is 138 g/mol. The summed E-state index contributed by atoms with van der Waals surface area (Å²) in [5, 5.41) is 9.29. The maximum atomic E-state index is 9.29. The maximum Gasteiger partial charge on any atom is 0.0654 e. The van der Waals surface area contributed by atoms with E-state index in [1.54, 1.807) is 0 Å². The van der Waals surface area contributed by atoms with E-state index >= 15 is 0 Å². The molecule has 0 aliphatic carbocycles. The van der Waals surface area contributed by atoms with Gasteiger partial charge in [0.25, 0.3) is 0 Å². The lowest BCUT2D eigenvalue weighted by atomic mass is 9.91. The predicted octanol–water partition coefficient (Wildman–Crippen LogP) is 0.773. The number of aliphatic hydroxyl groups is 1. The van der Waals surface area contributed by atoms with Crippen LogP contribution in [0.15, 0.2) is 12.2 Å². The van der Waals surface area contributed by atoms with E-state index in [1.165, 1.54) is 12.0 Å². The summed E-state index contributed by atoms with van der Waals surface area (Å²) in [4.78, 5) is 2.38. The lowest BCUT2D eigenvalue weighted by Crippen LogP contribution is -2.42. The van der Waals surface area contributed by atoms with Gasteiger partial charge in [0.2, 0.25) is 0 Å². The summed E-state index contributed by atoms with van der Waals surface area (Å²) in [5.41, 5.74) is 1.25. The summed E-state index contributed by atoms with van der Waals surface area (Å²) in [7, 11) is 0. The predicted molar refractivity (Wildman–Crippen MR) is 44.4 cm³/mol. The fourth-order valence-corrected chi connectivity index (χ4v) is 2.45. The second-order valence-corrected chi connectivity index (χ2v) is 3.63. The molecule has 2 aliphatic rings. The van der Waals surface area contributed by atoms with Gasteiger partial charge < -0.3 is 5.11 Å². The second kappa shape index (κ2) is 2.32. The molecule has 2 saturated heterocycles. The first-order valence-corrected chi connectivity index (χ1v) is 4.34. The van der Waals surface area contributed by atoms with Crippen LogP contribution in [0.4, 0.5) is 0 Å². The quantitative estimate of drug-likeness (QED) is 0.562. The van der Waals surface area contributed by atoms with Gasteiger partial charge in [-0.15, -0.1) is 0 Å². The Morgan fingerprint density at radius 3 is 3.00 bits per heavy atom. The molecule has 0 aromatic carbocycles. The Hall–Kier alpha value is -0.340. The third kappa shape index (κ3) is 0.797. The van der Waals surface area contributed by atoms with Crippen LogP contribution in [0.3, 0.4) is 0 Å². The maximum absolute atomic E-state index is 9.29. The van der Waals surface area contributed by atoms with E-state index in [9.17, 15) is 5.11 Å². The molecule has 2 fully saturated rings. The minimum absolute atomic E-state index is 0. The van der Waals surface area contributed by atoms with Crippen LogP contribution in [-0.2, 0) is 0 Å². The van der Waals surface area contributed by atoms with Gasteiger partial charge in [-0.25, -0.2) is 0 Å². The van der Waals surface area contributed by atoms with Crippen molar-refractivity contribution >= 4 is 0 Å². The molecule has 0 radical (unpaired) electrons. The lowest BCUT2D eigenvalue weighted by molar-refractivity contribution is 0.123. The Bertz CT molecular complexity index is 190. The Balaban J connectivity index is 2.29. The topological polar surface area (TPSA) is 23.5 Å². The molecule has 1 atom stereocenters. The smallest absolute Gasteiger partial charge is 0.0654 e. The van der Waals surface area contributed by atoms with Crippen LogP contribution < -0.4 is 0 Å². The molecule has 0 saturated carbocycles. The molecule has 0 bridgehead atoms. The number of nitrogens with zero attached hydrogens (tertiary/aromatic N) is 1. The zero-order chi connectivity index (χ0) is 7.90. The van der Waals surface area contributed by atoms with E-state index in [0.29, 0.717) is 0 Å². The van der Waals surface area contributed by atoms with Crippen LogP contribution in [0.1, 0.15) is 19.3 Å². The van der Waals surface area contributed by atoms with E-state index < -0.39 is 0 Å². The highest BCUT2D eigenvalue weighted by molar-refractivity contribution is 5.24. The summed E-state index contributed by atoms with van der Waals surface area (Å²) in [5.74, 6) is 0.